The lowest BCUT2D eigenvalue weighted by molar-refractivity contribution is -0.274. The highest BCUT2D eigenvalue weighted by Gasteiger charge is 2.46. The normalized spacial score (nSPS) is 17.7. The summed E-state index contributed by atoms with van der Waals surface area (Å²) in [6.45, 7) is 2.73. The van der Waals surface area contributed by atoms with Gasteiger partial charge in [0.05, 0.1) is 27.7 Å². The summed E-state index contributed by atoms with van der Waals surface area (Å²) in [6.07, 6.45) is -8.11. The number of amides is 1. The van der Waals surface area contributed by atoms with Gasteiger partial charge in [0.25, 0.3) is 0 Å². The molecule has 0 saturated carbocycles. The van der Waals surface area contributed by atoms with Gasteiger partial charge in [-0.3, -0.25) is 4.79 Å². The molecule has 0 spiro atoms. The molecular formula is C21H23F6N3O4S. The summed E-state index contributed by atoms with van der Waals surface area (Å²) in [5.41, 5.74) is 0.0362. The van der Waals surface area contributed by atoms with E-state index < -0.39 is 55.4 Å². The molecule has 1 aliphatic heterocycles. The fourth-order valence-electron chi connectivity index (χ4n) is 3.67. The molecule has 0 N–H and O–H groups in total. The van der Waals surface area contributed by atoms with Crippen molar-refractivity contribution >= 4 is 21.4 Å². The van der Waals surface area contributed by atoms with Crippen molar-refractivity contribution in [3.8, 4) is 5.75 Å². The summed E-state index contributed by atoms with van der Waals surface area (Å²) in [5, 5.41) is 0. The number of hydrogen-bond acceptors (Lipinski definition) is 6. The van der Waals surface area contributed by atoms with Crippen LogP contribution in [0.2, 0.25) is 0 Å². The van der Waals surface area contributed by atoms with E-state index in [0.29, 0.717) is 0 Å². The molecule has 2 aromatic rings. The van der Waals surface area contributed by atoms with E-state index >= 15 is 0 Å². The Morgan fingerprint density at radius 3 is 2.17 bits per heavy atom. The van der Waals surface area contributed by atoms with Crippen LogP contribution in [0.3, 0.4) is 0 Å². The monoisotopic (exact) mass is 527 g/mol. The summed E-state index contributed by atoms with van der Waals surface area (Å²) >= 11 is 0. The number of piperidine rings is 1. The van der Waals surface area contributed by atoms with Crippen LogP contribution in [0.4, 0.5) is 32.0 Å². The zero-order valence-corrected chi connectivity index (χ0v) is 18.6. The van der Waals surface area contributed by atoms with E-state index in [1.165, 1.54) is 13.8 Å². The first-order chi connectivity index (χ1) is 15.5. The molecule has 1 amide bonds. The predicted molar refractivity (Wildman–Crippen MR) is 113 cm³/mol. The Balaban J connectivity index is 0.00000432. The molecule has 0 bridgehead atoms. The minimum atomic E-state index is -5.00. The lowest BCUT2D eigenvalue weighted by atomic mass is 9.85. The van der Waals surface area contributed by atoms with Gasteiger partial charge in [-0.25, -0.2) is 18.4 Å². The SMILES string of the molecule is C.CC(C)([C@@H]1CCN(c2cnc(C(F)(F)F)nc2)C(=O)C1)S(=O)(=O)c1cccc(OC(F)(F)F)c1. The Morgan fingerprint density at radius 1 is 1.06 bits per heavy atom. The second kappa shape index (κ2) is 9.63. The quantitative estimate of drug-likeness (QED) is 0.507. The molecular weight excluding hydrogens is 504 g/mol. The largest absolute Gasteiger partial charge is 0.573 e. The Bertz CT molecular complexity index is 1160. The van der Waals surface area contributed by atoms with Crippen molar-refractivity contribution in [3.63, 3.8) is 0 Å². The summed E-state index contributed by atoms with van der Waals surface area (Å²) < 4.78 is 104. The zero-order valence-electron chi connectivity index (χ0n) is 17.8. The molecule has 0 aliphatic carbocycles. The summed E-state index contributed by atoms with van der Waals surface area (Å²) in [7, 11) is -4.21. The van der Waals surface area contributed by atoms with Gasteiger partial charge in [0.15, 0.2) is 9.84 Å². The number of carbonyl (C=O) groups excluding carboxylic acids is 1. The van der Waals surface area contributed by atoms with Gasteiger partial charge < -0.3 is 9.64 Å². The first-order valence-electron chi connectivity index (χ1n) is 9.82. The van der Waals surface area contributed by atoms with Gasteiger partial charge >= 0.3 is 12.5 Å². The Labute approximate surface area is 198 Å². The second-order valence-electron chi connectivity index (χ2n) is 8.13. The highest BCUT2D eigenvalue weighted by Crippen LogP contribution is 2.40. The van der Waals surface area contributed by atoms with Gasteiger partial charge in [0.2, 0.25) is 11.7 Å². The molecule has 0 radical (unpaired) electrons. The molecule has 194 valence electrons. The van der Waals surface area contributed by atoms with Crippen LogP contribution in [0.15, 0.2) is 41.6 Å². The average molecular weight is 527 g/mol. The lowest BCUT2D eigenvalue weighted by Gasteiger charge is -2.39. The number of carbonyl (C=O) groups is 1. The summed E-state index contributed by atoms with van der Waals surface area (Å²) in [6, 6.07) is 3.98. The lowest BCUT2D eigenvalue weighted by Crippen LogP contribution is -2.48. The van der Waals surface area contributed by atoms with Crippen LogP contribution in [0.5, 0.6) is 5.75 Å². The van der Waals surface area contributed by atoms with E-state index in [1.54, 1.807) is 0 Å². The van der Waals surface area contributed by atoms with E-state index in [2.05, 4.69) is 14.7 Å². The third-order valence-electron chi connectivity index (χ3n) is 5.65. The van der Waals surface area contributed by atoms with E-state index in [-0.39, 0.29) is 32.5 Å². The Hall–Kier alpha value is -2.90. The number of sulfone groups is 1. The number of halogens is 6. The van der Waals surface area contributed by atoms with Crippen LogP contribution in [0.1, 0.15) is 39.9 Å². The van der Waals surface area contributed by atoms with Crippen LogP contribution in [0.25, 0.3) is 0 Å². The maximum atomic E-state index is 13.3. The van der Waals surface area contributed by atoms with Crippen molar-refractivity contribution in [1.82, 2.24) is 9.97 Å². The summed E-state index contributed by atoms with van der Waals surface area (Å²) in [4.78, 5) is 19.9. The Kier molecular flexibility index (Phi) is 7.79. The van der Waals surface area contributed by atoms with Crippen LogP contribution in [-0.2, 0) is 20.8 Å². The molecule has 7 nitrogen and oxygen atoms in total. The molecule has 35 heavy (non-hydrogen) atoms. The van der Waals surface area contributed by atoms with Crippen molar-refractivity contribution in [2.75, 3.05) is 11.4 Å². The molecule has 0 unspecified atom stereocenters. The maximum absolute atomic E-state index is 13.3. The zero-order chi connectivity index (χ0) is 25.5. The molecule has 1 aromatic carbocycles. The number of ether oxygens (including phenoxy) is 1. The third kappa shape index (κ3) is 6.03. The summed E-state index contributed by atoms with van der Waals surface area (Å²) in [5.74, 6) is -3.32. The number of aromatic nitrogens is 2. The first-order valence-corrected chi connectivity index (χ1v) is 11.3. The molecule has 14 heteroatoms. The molecule has 1 atom stereocenters. The topological polar surface area (TPSA) is 89.5 Å². The van der Waals surface area contributed by atoms with Crippen molar-refractivity contribution in [1.29, 1.82) is 0 Å². The standard InChI is InChI=1S/C20H19F6N3O4S.CH4/c1-18(2,34(31,32)15-5-3-4-14(9-15)33-20(24,25)26)12-6-7-29(16(30)8-12)13-10-27-17(28-11-13)19(21,22)23;/h3-5,9-12H,6-8H2,1-2H3;1H4/t12-;/m1./s1. The van der Waals surface area contributed by atoms with Crippen LogP contribution >= 0.6 is 0 Å². The van der Waals surface area contributed by atoms with Gasteiger partial charge in [0.1, 0.15) is 5.75 Å². The highest BCUT2D eigenvalue weighted by atomic mass is 32.2. The maximum Gasteiger partial charge on any atom is 0.573 e. The van der Waals surface area contributed by atoms with Gasteiger partial charge in [-0.05, 0) is 44.4 Å². The third-order valence-corrected chi connectivity index (χ3v) is 8.24. The van der Waals surface area contributed by atoms with Crippen molar-refractivity contribution in [2.24, 2.45) is 5.92 Å². The number of alkyl halides is 6. The van der Waals surface area contributed by atoms with Gasteiger partial charge in [-0.15, -0.1) is 13.2 Å². The van der Waals surface area contributed by atoms with Crippen LogP contribution < -0.4 is 9.64 Å². The van der Waals surface area contributed by atoms with Gasteiger partial charge in [-0.1, -0.05) is 13.5 Å². The molecule has 1 aliphatic rings. The van der Waals surface area contributed by atoms with Crippen molar-refractivity contribution < 1.29 is 44.3 Å². The minimum absolute atomic E-state index is 0. The number of rotatable bonds is 5. The van der Waals surface area contributed by atoms with E-state index in [1.807, 2.05) is 0 Å². The smallest absolute Gasteiger partial charge is 0.406 e. The average Bonchev–Trinajstić information content (AvgIpc) is 2.72. The van der Waals surface area contributed by atoms with Crippen molar-refractivity contribution in [3.05, 3.63) is 42.5 Å². The van der Waals surface area contributed by atoms with Crippen molar-refractivity contribution in [2.45, 2.75) is 56.3 Å². The van der Waals surface area contributed by atoms with Gasteiger partial charge in [-0.2, -0.15) is 13.2 Å². The van der Waals surface area contributed by atoms with E-state index in [9.17, 15) is 39.6 Å². The number of hydrogen-bond donors (Lipinski definition) is 0. The number of benzene rings is 1. The highest BCUT2D eigenvalue weighted by molar-refractivity contribution is 7.92. The Morgan fingerprint density at radius 2 is 1.66 bits per heavy atom. The fourth-order valence-corrected chi connectivity index (χ4v) is 5.44. The fraction of sp³-hybridized carbons (Fsp3) is 0.476. The molecule has 3 rings (SSSR count). The van der Waals surface area contributed by atoms with Gasteiger partial charge in [0, 0.05) is 13.0 Å². The number of nitrogens with zero attached hydrogens (tertiary/aromatic N) is 3. The van der Waals surface area contributed by atoms with Crippen LogP contribution in [0, 0.1) is 5.92 Å². The van der Waals surface area contributed by atoms with E-state index in [4.69, 9.17) is 0 Å². The van der Waals surface area contributed by atoms with Crippen LogP contribution in [-0.4, -0.2) is 41.9 Å². The second-order valence-corrected chi connectivity index (χ2v) is 10.7. The predicted octanol–water partition coefficient (Wildman–Crippen LogP) is 5.03. The molecule has 1 aromatic heterocycles. The molecule has 2 heterocycles. The molecule has 1 fully saturated rings. The number of anilines is 1. The first kappa shape index (κ1) is 28.3. The minimum Gasteiger partial charge on any atom is -0.406 e. The van der Waals surface area contributed by atoms with E-state index in [0.717, 1.165) is 41.6 Å². The molecule has 1 saturated heterocycles.